The van der Waals surface area contributed by atoms with Gasteiger partial charge in [-0.05, 0) is 19.8 Å². The zero-order valence-corrected chi connectivity index (χ0v) is 13.7. The molecule has 1 aliphatic heterocycles. The Labute approximate surface area is 126 Å². The highest BCUT2D eigenvalue weighted by Crippen LogP contribution is 2.23. The van der Waals surface area contributed by atoms with Gasteiger partial charge in [0.05, 0.1) is 0 Å². The van der Waals surface area contributed by atoms with Crippen molar-refractivity contribution in [3.63, 3.8) is 0 Å². The largest absolute Gasteiger partial charge is 0.334 e. The Kier molecular flexibility index (Phi) is 4.83. The smallest absolute Gasteiger partial charge is 0.262 e. The second-order valence-electron chi connectivity index (χ2n) is 5.50. The maximum absolute atomic E-state index is 12.7. The Morgan fingerprint density at radius 2 is 2.10 bits per heavy atom. The van der Waals surface area contributed by atoms with Gasteiger partial charge in [-0.25, -0.2) is 13.4 Å². The molecule has 0 radical (unpaired) electrons. The minimum atomic E-state index is -3.60. The summed E-state index contributed by atoms with van der Waals surface area (Å²) in [5.41, 5.74) is 0. The van der Waals surface area contributed by atoms with Crippen molar-refractivity contribution in [2.24, 2.45) is 5.92 Å². The van der Waals surface area contributed by atoms with Crippen LogP contribution in [0.1, 0.15) is 38.9 Å². The monoisotopic (exact) mass is 313 g/mol. The minimum absolute atomic E-state index is 0.0950. The summed E-state index contributed by atoms with van der Waals surface area (Å²) in [5.74, 6) is 0.680. The SMILES string of the molecule is CCCn1cc(S(=O)(=O)N2CCC(=O)C(CC)C2)nc1C. The van der Waals surface area contributed by atoms with Crippen LogP contribution in [-0.2, 0) is 21.4 Å². The van der Waals surface area contributed by atoms with E-state index in [1.165, 1.54) is 4.31 Å². The third-order valence-electron chi connectivity index (χ3n) is 4.00. The molecule has 1 aromatic heterocycles. The lowest BCUT2D eigenvalue weighted by molar-refractivity contribution is -0.125. The lowest BCUT2D eigenvalue weighted by Gasteiger charge is -2.29. The first-order valence-electron chi connectivity index (χ1n) is 7.46. The Morgan fingerprint density at radius 1 is 1.38 bits per heavy atom. The molecule has 0 aromatic carbocycles. The van der Waals surface area contributed by atoms with Crippen molar-refractivity contribution in [1.82, 2.24) is 13.9 Å². The maximum Gasteiger partial charge on any atom is 0.262 e. The molecule has 1 aliphatic rings. The molecule has 0 spiro atoms. The maximum atomic E-state index is 12.7. The predicted molar refractivity (Wildman–Crippen MR) is 79.4 cm³/mol. The van der Waals surface area contributed by atoms with Crippen LogP contribution < -0.4 is 0 Å². The number of ketones is 1. The first kappa shape index (κ1) is 16.2. The molecule has 0 saturated carbocycles. The van der Waals surface area contributed by atoms with Gasteiger partial charge in [0, 0.05) is 38.2 Å². The Hall–Kier alpha value is -1.21. The number of aromatic nitrogens is 2. The van der Waals surface area contributed by atoms with Gasteiger partial charge in [0.1, 0.15) is 11.6 Å². The number of nitrogens with zero attached hydrogens (tertiary/aromatic N) is 3. The van der Waals surface area contributed by atoms with Crippen LogP contribution in [0, 0.1) is 12.8 Å². The van der Waals surface area contributed by atoms with Crippen LogP contribution in [-0.4, -0.2) is 41.1 Å². The van der Waals surface area contributed by atoms with Crippen LogP contribution >= 0.6 is 0 Å². The standard InChI is InChI=1S/C14H23N3O3S/c1-4-7-16-10-14(15-11(16)3)21(19,20)17-8-6-13(18)12(5-2)9-17/h10,12H,4-9H2,1-3H3. The Bertz CT molecular complexity index is 621. The van der Waals surface area contributed by atoms with E-state index in [1.54, 1.807) is 6.20 Å². The first-order valence-corrected chi connectivity index (χ1v) is 8.90. The normalized spacial score (nSPS) is 20.9. The molecule has 0 amide bonds. The molecule has 21 heavy (non-hydrogen) atoms. The van der Waals surface area contributed by atoms with Crippen molar-refractivity contribution in [2.75, 3.05) is 13.1 Å². The van der Waals surface area contributed by atoms with E-state index < -0.39 is 10.0 Å². The quantitative estimate of drug-likeness (QED) is 0.827. The zero-order valence-electron chi connectivity index (χ0n) is 12.9. The van der Waals surface area contributed by atoms with E-state index in [0.717, 1.165) is 13.0 Å². The number of piperidine rings is 1. The van der Waals surface area contributed by atoms with E-state index >= 15 is 0 Å². The summed E-state index contributed by atoms with van der Waals surface area (Å²) >= 11 is 0. The van der Waals surface area contributed by atoms with Crippen LogP contribution in [0.2, 0.25) is 0 Å². The van der Waals surface area contributed by atoms with Crippen molar-refractivity contribution < 1.29 is 13.2 Å². The van der Waals surface area contributed by atoms with E-state index in [4.69, 9.17) is 0 Å². The molecule has 2 rings (SSSR count). The van der Waals surface area contributed by atoms with E-state index in [-0.39, 0.29) is 29.8 Å². The number of aryl methyl sites for hydroxylation is 2. The lowest BCUT2D eigenvalue weighted by Crippen LogP contribution is -2.43. The number of carbonyl (C=O) groups is 1. The average molecular weight is 313 g/mol. The van der Waals surface area contributed by atoms with Crippen LogP contribution in [0.3, 0.4) is 0 Å². The van der Waals surface area contributed by atoms with Crippen LogP contribution in [0.25, 0.3) is 0 Å². The second kappa shape index (κ2) is 6.27. The Morgan fingerprint density at radius 3 is 2.71 bits per heavy atom. The summed E-state index contributed by atoms with van der Waals surface area (Å²) in [4.78, 5) is 15.9. The third kappa shape index (κ3) is 3.18. The van der Waals surface area contributed by atoms with E-state index in [9.17, 15) is 13.2 Å². The van der Waals surface area contributed by atoms with Gasteiger partial charge in [-0.15, -0.1) is 0 Å². The third-order valence-corrected chi connectivity index (χ3v) is 5.74. The molecule has 1 saturated heterocycles. The first-order chi connectivity index (χ1) is 9.90. The van der Waals surface area contributed by atoms with Gasteiger partial charge in [-0.1, -0.05) is 13.8 Å². The average Bonchev–Trinajstić information content (AvgIpc) is 2.82. The molecule has 1 aromatic rings. The molecule has 2 heterocycles. The summed E-state index contributed by atoms with van der Waals surface area (Å²) in [6, 6.07) is 0. The van der Waals surface area contributed by atoms with Crippen molar-refractivity contribution >= 4 is 15.8 Å². The van der Waals surface area contributed by atoms with Gasteiger partial charge in [-0.3, -0.25) is 4.79 Å². The summed E-state index contributed by atoms with van der Waals surface area (Å²) in [6.07, 6.45) is 3.50. The number of hydrogen-bond acceptors (Lipinski definition) is 4. The topological polar surface area (TPSA) is 72.3 Å². The highest BCUT2D eigenvalue weighted by atomic mass is 32.2. The number of imidazole rings is 1. The number of Topliss-reactive ketones (excluding diaryl/α,β-unsaturated/α-hetero) is 1. The van der Waals surface area contributed by atoms with E-state index in [2.05, 4.69) is 4.98 Å². The molecule has 118 valence electrons. The van der Waals surface area contributed by atoms with E-state index in [1.807, 2.05) is 25.3 Å². The molecular weight excluding hydrogens is 290 g/mol. The van der Waals surface area contributed by atoms with Crippen molar-refractivity contribution in [3.8, 4) is 0 Å². The van der Waals surface area contributed by atoms with Gasteiger partial charge >= 0.3 is 0 Å². The molecule has 0 bridgehead atoms. The lowest BCUT2D eigenvalue weighted by atomic mass is 9.96. The van der Waals surface area contributed by atoms with Gasteiger partial charge in [0.25, 0.3) is 10.0 Å². The highest BCUT2D eigenvalue weighted by Gasteiger charge is 2.35. The molecule has 6 nitrogen and oxygen atoms in total. The predicted octanol–water partition coefficient (Wildman–Crippen LogP) is 1.59. The second-order valence-corrected chi connectivity index (χ2v) is 7.39. The Balaban J connectivity index is 2.25. The number of carbonyl (C=O) groups excluding carboxylic acids is 1. The summed E-state index contributed by atoms with van der Waals surface area (Å²) < 4.78 is 28.6. The van der Waals surface area contributed by atoms with E-state index in [0.29, 0.717) is 18.7 Å². The van der Waals surface area contributed by atoms with Gasteiger partial charge < -0.3 is 4.57 Å². The van der Waals surface area contributed by atoms with Crippen molar-refractivity contribution in [3.05, 3.63) is 12.0 Å². The van der Waals surface area contributed by atoms with Gasteiger partial charge in [0.2, 0.25) is 0 Å². The molecule has 0 N–H and O–H groups in total. The fourth-order valence-corrected chi connectivity index (χ4v) is 4.14. The molecule has 0 aliphatic carbocycles. The molecule has 1 atom stereocenters. The highest BCUT2D eigenvalue weighted by molar-refractivity contribution is 7.89. The number of rotatable bonds is 5. The summed E-state index contributed by atoms with van der Waals surface area (Å²) in [7, 11) is -3.60. The van der Waals surface area contributed by atoms with Crippen LogP contribution in [0.5, 0.6) is 0 Å². The zero-order chi connectivity index (χ0) is 15.6. The minimum Gasteiger partial charge on any atom is -0.334 e. The fraction of sp³-hybridized carbons (Fsp3) is 0.714. The summed E-state index contributed by atoms with van der Waals surface area (Å²) in [5, 5.41) is 0.0950. The molecule has 7 heteroatoms. The molecule has 1 unspecified atom stereocenters. The van der Waals surface area contributed by atoms with Crippen molar-refractivity contribution in [2.45, 2.75) is 51.6 Å². The van der Waals surface area contributed by atoms with Crippen LogP contribution in [0.4, 0.5) is 0 Å². The van der Waals surface area contributed by atoms with Crippen LogP contribution in [0.15, 0.2) is 11.2 Å². The molecular formula is C14H23N3O3S. The van der Waals surface area contributed by atoms with Gasteiger partial charge in [-0.2, -0.15) is 4.31 Å². The fourth-order valence-electron chi connectivity index (χ4n) is 2.66. The number of hydrogen-bond donors (Lipinski definition) is 0. The summed E-state index contributed by atoms with van der Waals surface area (Å²) in [6.45, 7) is 7.05. The van der Waals surface area contributed by atoms with Gasteiger partial charge in [0.15, 0.2) is 5.03 Å². The molecule has 1 fully saturated rings. The number of sulfonamides is 1. The van der Waals surface area contributed by atoms with Crippen molar-refractivity contribution in [1.29, 1.82) is 0 Å².